The maximum Gasteiger partial charge on any atom is 0.308 e. The number of rotatable bonds is 3. The van der Waals surface area contributed by atoms with Gasteiger partial charge in [0.15, 0.2) is 6.29 Å². The van der Waals surface area contributed by atoms with Crippen LogP contribution in [0.2, 0.25) is 0 Å². The van der Waals surface area contributed by atoms with Crippen molar-refractivity contribution < 1.29 is 19.0 Å². The van der Waals surface area contributed by atoms with Gasteiger partial charge in [0.25, 0.3) is 0 Å². The molecule has 0 aromatic carbocycles. The molecule has 0 aliphatic carbocycles. The van der Waals surface area contributed by atoms with E-state index in [9.17, 15) is 4.79 Å². The molecule has 0 aromatic rings. The van der Waals surface area contributed by atoms with Crippen LogP contribution in [0.5, 0.6) is 0 Å². The van der Waals surface area contributed by atoms with Crippen LogP contribution in [0.3, 0.4) is 0 Å². The zero-order chi connectivity index (χ0) is 10.6. The highest BCUT2D eigenvalue weighted by Gasteiger charge is 2.26. The molecule has 3 atom stereocenters. The molecular formula is C10H18O4. The number of carbonyl (C=O) groups excluding carboxylic acids is 1. The van der Waals surface area contributed by atoms with Crippen LogP contribution in [0.4, 0.5) is 0 Å². The van der Waals surface area contributed by atoms with Gasteiger partial charge < -0.3 is 14.2 Å². The molecule has 4 heteroatoms. The zero-order valence-corrected chi connectivity index (χ0v) is 8.99. The molecular weight excluding hydrogens is 184 g/mol. The Kier molecular flexibility index (Phi) is 4.35. The van der Waals surface area contributed by atoms with Crippen LogP contribution in [-0.2, 0) is 19.0 Å². The Morgan fingerprint density at radius 2 is 2.14 bits per heavy atom. The van der Waals surface area contributed by atoms with E-state index in [1.54, 1.807) is 6.92 Å². The molecule has 0 amide bonds. The van der Waals surface area contributed by atoms with E-state index in [1.807, 2.05) is 13.8 Å². The van der Waals surface area contributed by atoms with Gasteiger partial charge in [0.2, 0.25) is 0 Å². The molecule has 1 aliphatic heterocycles. The molecule has 1 saturated heterocycles. The van der Waals surface area contributed by atoms with Crippen LogP contribution in [0.15, 0.2) is 0 Å². The summed E-state index contributed by atoms with van der Waals surface area (Å²) < 4.78 is 15.7. The summed E-state index contributed by atoms with van der Waals surface area (Å²) in [5, 5.41) is 0. The van der Waals surface area contributed by atoms with Crippen LogP contribution in [0, 0.1) is 0 Å². The summed E-state index contributed by atoms with van der Waals surface area (Å²) in [5.41, 5.74) is 0. The topological polar surface area (TPSA) is 44.8 Å². The minimum Gasteiger partial charge on any atom is -0.466 e. The van der Waals surface area contributed by atoms with E-state index < -0.39 is 0 Å². The average Bonchev–Trinajstić information content (AvgIpc) is 2.01. The number of esters is 1. The maximum absolute atomic E-state index is 11.2. The van der Waals surface area contributed by atoms with Crippen LogP contribution in [-0.4, -0.2) is 31.1 Å². The Labute approximate surface area is 84.5 Å². The Morgan fingerprint density at radius 3 is 2.71 bits per heavy atom. The largest absolute Gasteiger partial charge is 0.466 e. The van der Waals surface area contributed by atoms with Crippen molar-refractivity contribution in [3.05, 3.63) is 0 Å². The number of ether oxygens (including phenoxy) is 3. The first-order chi connectivity index (χ1) is 6.61. The lowest BCUT2D eigenvalue weighted by Gasteiger charge is -2.31. The van der Waals surface area contributed by atoms with Gasteiger partial charge in [-0.25, -0.2) is 0 Å². The summed E-state index contributed by atoms with van der Waals surface area (Å²) in [5.74, 6) is -0.196. The van der Waals surface area contributed by atoms with Crippen molar-refractivity contribution in [3.63, 3.8) is 0 Å². The van der Waals surface area contributed by atoms with Crippen LogP contribution in [0.25, 0.3) is 0 Å². The maximum atomic E-state index is 11.2. The molecule has 1 heterocycles. The van der Waals surface area contributed by atoms with Crippen molar-refractivity contribution >= 4 is 5.97 Å². The summed E-state index contributed by atoms with van der Waals surface area (Å²) in [4.78, 5) is 11.2. The molecule has 0 saturated carbocycles. The fourth-order valence-electron chi connectivity index (χ4n) is 1.65. The zero-order valence-electron chi connectivity index (χ0n) is 8.99. The lowest BCUT2D eigenvalue weighted by atomic mass is 10.1. The first-order valence-electron chi connectivity index (χ1n) is 5.08. The molecule has 1 rings (SSSR count). The van der Waals surface area contributed by atoms with Crippen molar-refractivity contribution in [1.82, 2.24) is 0 Å². The number of hydrogen-bond acceptors (Lipinski definition) is 4. The van der Waals surface area contributed by atoms with Crippen molar-refractivity contribution in [1.29, 1.82) is 0 Å². The molecule has 14 heavy (non-hydrogen) atoms. The lowest BCUT2D eigenvalue weighted by molar-refractivity contribution is -0.231. The molecule has 0 N–H and O–H groups in total. The Bertz CT molecular complexity index is 183. The summed E-state index contributed by atoms with van der Waals surface area (Å²) in [6, 6.07) is 0. The van der Waals surface area contributed by atoms with Crippen LogP contribution < -0.4 is 0 Å². The van der Waals surface area contributed by atoms with Gasteiger partial charge >= 0.3 is 5.97 Å². The standard InChI is InChI=1S/C10H18O4/c1-4-12-10(11)6-9-5-7(2)13-8(3)14-9/h7-9H,4-6H2,1-3H3/t7-,8-,9-/m1/s1. The van der Waals surface area contributed by atoms with Gasteiger partial charge in [-0.05, 0) is 20.8 Å². The van der Waals surface area contributed by atoms with E-state index in [1.165, 1.54) is 0 Å². The smallest absolute Gasteiger partial charge is 0.308 e. The molecule has 4 nitrogen and oxygen atoms in total. The second-order valence-electron chi connectivity index (χ2n) is 3.52. The highest BCUT2D eigenvalue weighted by atomic mass is 16.7. The SMILES string of the molecule is CCOC(=O)C[C@H]1C[C@@H](C)O[C@@H](C)O1. The molecule has 0 unspecified atom stereocenters. The second kappa shape index (κ2) is 5.32. The molecule has 82 valence electrons. The molecule has 0 radical (unpaired) electrons. The third kappa shape index (κ3) is 3.64. The molecule has 0 bridgehead atoms. The predicted molar refractivity (Wildman–Crippen MR) is 50.7 cm³/mol. The minimum atomic E-state index is -0.224. The van der Waals surface area contributed by atoms with E-state index >= 15 is 0 Å². The Morgan fingerprint density at radius 1 is 1.43 bits per heavy atom. The Balaban J connectivity index is 2.33. The third-order valence-corrected chi connectivity index (χ3v) is 2.10. The molecule has 1 fully saturated rings. The van der Waals surface area contributed by atoms with Gasteiger partial charge in [-0.2, -0.15) is 0 Å². The van der Waals surface area contributed by atoms with Crippen molar-refractivity contribution in [2.45, 2.75) is 52.1 Å². The number of carbonyl (C=O) groups is 1. The summed E-state index contributed by atoms with van der Waals surface area (Å²) in [6.45, 7) is 6.05. The fraction of sp³-hybridized carbons (Fsp3) is 0.900. The van der Waals surface area contributed by atoms with Gasteiger partial charge in [-0.1, -0.05) is 0 Å². The van der Waals surface area contributed by atoms with Gasteiger partial charge in [0.1, 0.15) is 0 Å². The van der Waals surface area contributed by atoms with Gasteiger partial charge in [0.05, 0.1) is 25.2 Å². The van der Waals surface area contributed by atoms with Gasteiger partial charge in [-0.3, -0.25) is 4.79 Å². The first kappa shape index (κ1) is 11.5. The summed E-state index contributed by atoms with van der Waals surface area (Å²) in [7, 11) is 0. The quantitative estimate of drug-likeness (QED) is 0.650. The van der Waals surface area contributed by atoms with E-state index in [-0.39, 0.29) is 24.5 Å². The van der Waals surface area contributed by atoms with Crippen molar-refractivity contribution in [2.75, 3.05) is 6.61 Å². The lowest BCUT2D eigenvalue weighted by Crippen LogP contribution is -2.36. The van der Waals surface area contributed by atoms with E-state index in [0.29, 0.717) is 13.0 Å². The van der Waals surface area contributed by atoms with E-state index in [4.69, 9.17) is 14.2 Å². The van der Waals surface area contributed by atoms with Gasteiger partial charge in [-0.15, -0.1) is 0 Å². The van der Waals surface area contributed by atoms with Crippen molar-refractivity contribution in [3.8, 4) is 0 Å². The molecule has 1 aliphatic rings. The summed E-state index contributed by atoms with van der Waals surface area (Å²) >= 11 is 0. The fourth-order valence-corrected chi connectivity index (χ4v) is 1.65. The monoisotopic (exact) mass is 202 g/mol. The van der Waals surface area contributed by atoms with E-state index in [0.717, 1.165) is 6.42 Å². The predicted octanol–water partition coefficient (Wildman–Crippen LogP) is 1.48. The molecule has 0 aromatic heterocycles. The first-order valence-corrected chi connectivity index (χ1v) is 5.08. The number of hydrogen-bond donors (Lipinski definition) is 0. The van der Waals surface area contributed by atoms with Crippen LogP contribution in [0.1, 0.15) is 33.6 Å². The Hall–Kier alpha value is -0.610. The second-order valence-corrected chi connectivity index (χ2v) is 3.52. The van der Waals surface area contributed by atoms with Crippen molar-refractivity contribution in [2.24, 2.45) is 0 Å². The molecule has 0 spiro atoms. The normalized spacial score (nSPS) is 32.6. The third-order valence-electron chi connectivity index (χ3n) is 2.10. The van der Waals surface area contributed by atoms with E-state index in [2.05, 4.69) is 0 Å². The highest BCUT2D eigenvalue weighted by molar-refractivity contribution is 5.69. The van der Waals surface area contributed by atoms with Crippen LogP contribution >= 0.6 is 0 Å². The van der Waals surface area contributed by atoms with Gasteiger partial charge in [0, 0.05) is 6.42 Å². The minimum absolute atomic E-state index is 0.0622. The average molecular weight is 202 g/mol. The highest BCUT2D eigenvalue weighted by Crippen LogP contribution is 2.20. The summed E-state index contributed by atoms with van der Waals surface area (Å²) in [6.07, 6.45) is 0.943.